The summed E-state index contributed by atoms with van der Waals surface area (Å²) >= 11 is 0. The first-order chi connectivity index (χ1) is 15.7. The minimum absolute atomic E-state index is 0.304. The molecular formula is C24H23FN4O3. The second kappa shape index (κ2) is 9.93. The van der Waals surface area contributed by atoms with Gasteiger partial charge in [0.15, 0.2) is 0 Å². The second-order valence-electron chi connectivity index (χ2n) is 6.87. The van der Waals surface area contributed by atoms with Gasteiger partial charge in [-0.3, -0.25) is 0 Å². The maximum Gasteiger partial charge on any atom is 0.229 e. The number of hydrogen-bond acceptors (Lipinski definition) is 7. The van der Waals surface area contributed by atoms with Crippen LogP contribution in [-0.2, 0) is 4.74 Å². The van der Waals surface area contributed by atoms with Crippen molar-refractivity contribution in [1.29, 1.82) is 0 Å². The molecule has 0 amide bonds. The Bertz CT molecular complexity index is 1180. The fraction of sp³-hybridized carbons (Fsp3) is 0.167. The van der Waals surface area contributed by atoms with E-state index in [0.29, 0.717) is 41.9 Å². The van der Waals surface area contributed by atoms with Gasteiger partial charge in [-0.25, -0.2) is 9.37 Å². The molecule has 0 aliphatic heterocycles. The van der Waals surface area contributed by atoms with Crippen molar-refractivity contribution in [1.82, 2.24) is 9.97 Å². The maximum absolute atomic E-state index is 13.3. The lowest BCUT2D eigenvalue weighted by Gasteiger charge is -2.14. The predicted octanol–water partition coefficient (Wildman–Crippen LogP) is 5.29. The van der Waals surface area contributed by atoms with Crippen LogP contribution in [0.3, 0.4) is 0 Å². The molecule has 0 unspecified atom stereocenters. The van der Waals surface area contributed by atoms with Gasteiger partial charge >= 0.3 is 0 Å². The highest BCUT2D eigenvalue weighted by Crippen LogP contribution is 2.32. The van der Waals surface area contributed by atoms with Crippen LogP contribution in [0.5, 0.6) is 11.5 Å². The first-order valence-electron chi connectivity index (χ1n) is 10.0. The monoisotopic (exact) mass is 434 g/mol. The van der Waals surface area contributed by atoms with Crippen LogP contribution in [0.15, 0.2) is 66.7 Å². The summed E-state index contributed by atoms with van der Waals surface area (Å²) in [7, 11) is 3.23. The zero-order valence-corrected chi connectivity index (χ0v) is 17.8. The van der Waals surface area contributed by atoms with Gasteiger partial charge in [0.05, 0.1) is 13.7 Å². The number of benzene rings is 3. The summed E-state index contributed by atoms with van der Waals surface area (Å²) in [6.45, 7) is 1.01. The molecule has 0 aliphatic rings. The Labute approximate surface area is 185 Å². The first kappa shape index (κ1) is 21.3. The van der Waals surface area contributed by atoms with Crippen LogP contribution in [0, 0.1) is 5.82 Å². The Hall–Kier alpha value is -3.91. The van der Waals surface area contributed by atoms with Crippen LogP contribution < -0.4 is 20.1 Å². The largest absolute Gasteiger partial charge is 0.494 e. The van der Waals surface area contributed by atoms with Crippen molar-refractivity contribution in [2.45, 2.75) is 0 Å². The number of ether oxygens (including phenoxy) is 3. The number of fused-ring (bicyclic) bond motifs is 1. The summed E-state index contributed by atoms with van der Waals surface area (Å²) in [5.74, 6) is 2.02. The van der Waals surface area contributed by atoms with Crippen LogP contribution in [0.1, 0.15) is 0 Å². The van der Waals surface area contributed by atoms with Crippen LogP contribution in [0.4, 0.5) is 27.5 Å². The molecule has 3 aromatic carbocycles. The summed E-state index contributed by atoms with van der Waals surface area (Å²) in [5, 5.41) is 7.24. The van der Waals surface area contributed by atoms with Crippen LogP contribution >= 0.6 is 0 Å². The molecule has 0 spiro atoms. The smallest absolute Gasteiger partial charge is 0.229 e. The summed E-state index contributed by atoms with van der Waals surface area (Å²) in [5.41, 5.74) is 2.15. The number of nitrogens with zero attached hydrogens (tertiary/aromatic N) is 2. The summed E-state index contributed by atoms with van der Waals surface area (Å²) in [6, 6.07) is 19.2. The lowest BCUT2D eigenvalue weighted by molar-refractivity contribution is 0.146. The Morgan fingerprint density at radius 3 is 2.25 bits per heavy atom. The van der Waals surface area contributed by atoms with Crippen molar-refractivity contribution < 1.29 is 18.6 Å². The van der Waals surface area contributed by atoms with E-state index >= 15 is 0 Å². The molecule has 7 nitrogen and oxygen atoms in total. The van der Waals surface area contributed by atoms with E-state index in [2.05, 4.69) is 20.6 Å². The molecule has 0 bridgehead atoms. The summed E-state index contributed by atoms with van der Waals surface area (Å²) < 4.78 is 29.4. The van der Waals surface area contributed by atoms with Gasteiger partial charge in [0, 0.05) is 23.9 Å². The van der Waals surface area contributed by atoms with E-state index in [-0.39, 0.29) is 5.82 Å². The lowest BCUT2D eigenvalue weighted by Crippen LogP contribution is -2.05. The van der Waals surface area contributed by atoms with E-state index in [1.807, 2.05) is 42.5 Å². The fourth-order valence-electron chi connectivity index (χ4n) is 3.12. The van der Waals surface area contributed by atoms with Crippen molar-refractivity contribution in [3.05, 3.63) is 72.5 Å². The van der Waals surface area contributed by atoms with Gasteiger partial charge in [-0.15, -0.1) is 0 Å². The minimum atomic E-state index is -0.304. The second-order valence-corrected chi connectivity index (χ2v) is 6.87. The van der Waals surface area contributed by atoms with Crippen molar-refractivity contribution in [2.75, 3.05) is 38.1 Å². The predicted molar refractivity (Wildman–Crippen MR) is 123 cm³/mol. The van der Waals surface area contributed by atoms with E-state index in [0.717, 1.165) is 16.8 Å². The molecular weight excluding hydrogens is 411 g/mol. The first-order valence-corrected chi connectivity index (χ1v) is 10.0. The van der Waals surface area contributed by atoms with Gasteiger partial charge in [0.1, 0.15) is 35.3 Å². The number of methoxy groups -OCH3 is 2. The molecule has 0 atom stereocenters. The Kier molecular flexibility index (Phi) is 6.62. The fourth-order valence-corrected chi connectivity index (χ4v) is 3.12. The molecule has 0 aliphatic carbocycles. The van der Waals surface area contributed by atoms with Crippen molar-refractivity contribution in [3.63, 3.8) is 0 Å². The van der Waals surface area contributed by atoms with Crippen molar-refractivity contribution in [3.8, 4) is 11.5 Å². The molecule has 0 fully saturated rings. The molecule has 0 saturated carbocycles. The number of aromatic nitrogens is 2. The van der Waals surface area contributed by atoms with E-state index in [1.165, 1.54) is 12.1 Å². The lowest BCUT2D eigenvalue weighted by atomic mass is 10.2. The van der Waals surface area contributed by atoms with Gasteiger partial charge in [-0.05, 0) is 60.7 Å². The van der Waals surface area contributed by atoms with Crippen LogP contribution in [0.25, 0.3) is 10.9 Å². The molecule has 2 N–H and O–H groups in total. The quantitative estimate of drug-likeness (QED) is 0.347. The standard InChI is InChI=1S/C24H23FN4O3/c1-30-14-15-32-19-12-10-18(11-13-19)27-24-28-22-20(4-3-5-21(22)31-2)23(29-24)26-17-8-6-16(25)7-9-17/h3-13H,14-15H2,1-2H3,(H2,26,27,28,29). The highest BCUT2D eigenvalue weighted by molar-refractivity contribution is 5.95. The average molecular weight is 434 g/mol. The van der Waals surface area contributed by atoms with Gasteiger partial charge in [-0.1, -0.05) is 6.07 Å². The summed E-state index contributed by atoms with van der Waals surface area (Å²) in [6.07, 6.45) is 0. The number of halogens is 1. The molecule has 0 radical (unpaired) electrons. The van der Waals surface area contributed by atoms with E-state index in [9.17, 15) is 4.39 Å². The van der Waals surface area contributed by atoms with E-state index < -0.39 is 0 Å². The molecule has 32 heavy (non-hydrogen) atoms. The molecule has 1 heterocycles. The highest BCUT2D eigenvalue weighted by atomic mass is 19.1. The zero-order chi connectivity index (χ0) is 22.3. The SMILES string of the molecule is COCCOc1ccc(Nc2nc(Nc3ccc(F)cc3)c3cccc(OC)c3n2)cc1. The van der Waals surface area contributed by atoms with Crippen LogP contribution in [-0.4, -0.2) is 37.4 Å². The van der Waals surface area contributed by atoms with Crippen molar-refractivity contribution in [2.24, 2.45) is 0 Å². The van der Waals surface area contributed by atoms with Crippen molar-refractivity contribution >= 4 is 34.0 Å². The number of para-hydroxylation sites is 1. The number of rotatable bonds is 9. The third-order valence-corrected chi connectivity index (χ3v) is 4.68. The molecule has 8 heteroatoms. The molecule has 4 aromatic rings. The number of hydrogen-bond donors (Lipinski definition) is 2. The summed E-state index contributed by atoms with van der Waals surface area (Å²) in [4.78, 5) is 9.29. The van der Waals surface area contributed by atoms with Gasteiger partial charge < -0.3 is 24.8 Å². The Balaban J connectivity index is 1.64. The Morgan fingerprint density at radius 2 is 1.53 bits per heavy atom. The maximum atomic E-state index is 13.3. The molecule has 164 valence electrons. The van der Waals surface area contributed by atoms with E-state index in [1.54, 1.807) is 26.4 Å². The Morgan fingerprint density at radius 1 is 0.812 bits per heavy atom. The van der Waals surface area contributed by atoms with Gasteiger partial charge in [0.25, 0.3) is 0 Å². The van der Waals surface area contributed by atoms with Gasteiger partial charge in [0.2, 0.25) is 5.95 Å². The van der Waals surface area contributed by atoms with E-state index in [4.69, 9.17) is 14.2 Å². The van der Waals surface area contributed by atoms with Crippen LogP contribution in [0.2, 0.25) is 0 Å². The normalized spacial score (nSPS) is 10.7. The topological polar surface area (TPSA) is 77.5 Å². The molecule has 1 aromatic heterocycles. The third kappa shape index (κ3) is 5.04. The molecule has 0 saturated heterocycles. The zero-order valence-electron chi connectivity index (χ0n) is 17.8. The molecule has 4 rings (SSSR count). The average Bonchev–Trinajstić information content (AvgIpc) is 2.81. The number of anilines is 4. The third-order valence-electron chi connectivity index (χ3n) is 4.68. The van der Waals surface area contributed by atoms with Gasteiger partial charge in [-0.2, -0.15) is 4.98 Å². The highest BCUT2D eigenvalue weighted by Gasteiger charge is 2.12. The minimum Gasteiger partial charge on any atom is -0.494 e. The number of nitrogens with one attached hydrogen (secondary N) is 2.